The molecule has 9 heteroatoms. The van der Waals surface area contributed by atoms with Crippen molar-refractivity contribution in [3.05, 3.63) is 135 Å². The zero-order valence-electron chi connectivity index (χ0n) is 20.3. The first-order valence-electron chi connectivity index (χ1n) is 11.7. The van der Waals surface area contributed by atoms with Gasteiger partial charge in [-0.3, -0.25) is 14.4 Å². The highest BCUT2D eigenvalue weighted by atomic mass is 35.5. The molecule has 0 aliphatic carbocycles. The predicted molar refractivity (Wildman–Crippen MR) is 160 cm³/mol. The van der Waals surface area contributed by atoms with Crippen molar-refractivity contribution < 1.29 is 14.4 Å². The molecule has 5 nitrogen and oxygen atoms in total. The van der Waals surface area contributed by atoms with Crippen molar-refractivity contribution in [1.29, 1.82) is 0 Å². The first-order chi connectivity index (χ1) is 18.8. The van der Waals surface area contributed by atoms with E-state index in [2.05, 4.69) is 10.6 Å². The molecule has 0 saturated carbocycles. The summed E-state index contributed by atoms with van der Waals surface area (Å²) < 4.78 is 0. The molecule has 196 valence electrons. The van der Waals surface area contributed by atoms with E-state index in [9.17, 15) is 14.4 Å². The highest BCUT2D eigenvalue weighted by Crippen LogP contribution is 2.27. The summed E-state index contributed by atoms with van der Waals surface area (Å²) in [7, 11) is 0. The van der Waals surface area contributed by atoms with Crippen LogP contribution in [0.15, 0.2) is 108 Å². The average molecular weight is 596 g/mol. The van der Waals surface area contributed by atoms with E-state index in [0.29, 0.717) is 37.4 Å². The van der Waals surface area contributed by atoms with Gasteiger partial charge in [-0.1, -0.05) is 71.2 Å². The van der Waals surface area contributed by atoms with E-state index in [1.54, 1.807) is 97.1 Å². The fraction of sp³-hybridized carbons (Fsp3) is 0.0333. The smallest absolute Gasteiger partial charge is 0.272 e. The monoisotopic (exact) mass is 594 g/mol. The predicted octanol–water partition coefficient (Wildman–Crippen LogP) is 8.03. The molecule has 0 aliphatic rings. The summed E-state index contributed by atoms with van der Waals surface area (Å²) in [6.45, 7) is 0. The van der Waals surface area contributed by atoms with E-state index >= 15 is 0 Å². The molecule has 0 atom stereocenters. The van der Waals surface area contributed by atoms with Gasteiger partial charge in [0.25, 0.3) is 11.8 Å². The number of amides is 2. The van der Waals surface area contributed by atoms with Gasteiger partial charge < -0.3 is 10.6 Å². The van der Waals surface area contributed by atoms with Gasteiger partial charge in [0, 0.05) is 37.3 Å². The minimum Gasteiger partial charge on any atom is -0.321 e. The molecular formula is C30H21Cl3N2O3S. The minimum absolute atomic E-state index is 0.0392. The molecule has 39 heavy (non-hydrogen) atoms. The van der Waals surface area contributed by atoms with Crippen molar-refractivity contribution in [2.24, 2.45) is 0 Å². The number of hydrogen-bond acceptors (Lipinski definition) is 4. The number of Topliss-reactive ketones (excluding diaryl/α,β-unsaturated/α-hetero) is 1. The largest absolute Gasteiger partial charge is 0.321 e. The molecule has 0 bridgehead atoms. The molecule has 4 aromatic carbocycles. The van der Waals surface area contributed by atoms with Crippen LogP contribution >= 0.6 is 46.6 Å². The molecule has 0 spiro atoms. The third-order valence-electron chi connectivity index (χ3n) is 5.47. The Morgan fingerprint density at radius 2 is 1.33 bits per heavy atom. The number of anilines is 1. The lowest BCUT2D eigenvalue weighted by molar-refractivity contribution is -0.113. The molecule has 0 radical (unpaired) electrons. The molecule has 0 aromatic heterocycles. The van der Waals surface area contributed by atoms with E-state index in [1.807, 2.05) is 0 Å². The number of ketones is 1. The molecule has 0 heterocycles. The van der Waals surface area contributed by atoms with Gasteiger partial charge in [0.15, 0.2) is 5.78 Å². The zero-order valence-corrected chi connectivity index (χ0v) is 23.4. The van der Waals surface area contributed by atoms with Gasteiger partial charge in [0.1, 0.15) is 5.70 Å². The summed E-state index contributed by atoms with van der Waals surface area (Å²) in [5.41, 5.74) is 1.71. The highest BCUT2D eigenvalue weighted by Gasteiger charge is 2.17. The van der Waals surface area contributed by atoms with Crippen LogP contribution in [0.2, 0.25) is 15.1 Å². The topological polar surface area (TPSA) is 75.3 Å². The Morgan fingerprint density at radius 3 is 2.00 bits per heavy atom. The molecule has 0 aliphatic heterocycles. The van der Waals surface area contributed by atoms with E-state index in [4.69, 9.17) is 34.8 Å². The first-order valence-corrected chi connectivity index (χ1v) is 13.8. The van der Waals surface area contributed by atoms with E-state index in [0.717, 1.165) is 4.90 Å². The van der Waals surface area contributed by atoms with Crippen LogP contribution in [0.1, 0.15) is 26.3 Å². The Kier molecular flexibility index (Phi) is 9.85. The number of thioether (sulfide) groups is 1. The second kappa shape index (κ2) is 13.5. The van der Waals surface area contributed by atoms with E-state index in [-0.39, 0.29) is 17.2 Å². The molecule has 2 amide bonds. The Morgan fingerprint density at radius 1 is 0.718 bits per heavy atom. The number of nitrogens with one attached hydrogen (secondary N) is 2. The van der Waals surface area contributed by atoms with Crippen LogP contribution < -0.4 is 10.6 Å². The highest BCUT2D eigenvalue weighted by molar-refractivity contribution is 8.00. The van der Waals surface area contributed by atoms with Crippen molar-refractivity contribution in [3.63, 3.8) is 0 Å². The minimum atomic E-state index is -0.565. The number of halogens is 3. The number of carbonyl (C=O) groups excluding carboxylic acids is 3. The summed E-state index contributed by atoms with van der Waals surface area (Å²) >= 11 is 20.1. The first kappa shape index (κ1) is 28.5. The molecule has 4 aromatic rings. The summed E-state index contributed by atoms with van der Waals surface area (Å²) in [4.78, 5) is 39.4. The lowest BCUT2D eigenvalue weighted by atomic mass is 10.1. The second-order valence-corrected chi connectivity index (χ2v) is 10.5. The Hall–Kier alpha value is -3.55. The molecule has 2 N–H and O–H groups in total. The van der Waals surface area contributed by atoms with Crippen LogP contribution in [-0.2, 0) is 4.79 Å². The zero-order chi connectivity index (χ0) is 27.8. The fourth-order valence-corrected chi connectivity index (χ4v) is 5.01. The second-order valence-electron chi connectivity index (χ2n) is 8.18. The van der Waals surface area contributed by atoms with Crippen LogP contribution in [0.5, 0.6) is 0 Å². The van der Waals surface area contributed by atoms with E-state index < -0.39 is 11.8 Å². The molecule has 0 unspecified atom stereocenters. The van der Waals surface area contributed by atoms with Crippen molar-refractivity contribution in [2.75, 3.05) is 11.1 Å². The van der Waals surface area contributed by atoms with Gasteiger partial charge in [0.2, 0.25) is 0 Å². The van der Waals surface area contributed by atoms with Crippen molar-refractivity contribution in [2.45, 2.75) is 4.90 Å². The summed E-state index contributed by atoms with van der Waals surface area (Å²) in [5.74, 6) is -0.892. The van der Waals surface area contributed by atoms with Crippen LogP contribution in [0.25, 0.3) is 6.08 Å². The van der Waals surface area contributed by atoms with Gasteiger partial charge in [-0.25, -0.2) is 0 Å². The maximum atomic E-state index is 13.3. The normalized spacial score (nSPS) is 11.1. The van der Waals surface area contributed by atoms with Crippen molar-refractivity contribution >= 4 is 75.9 Å². The van der Waals surface area contributed by atoms with Crippen molar-refractivity contribution in [1.82, 2.24) is 5.32 Å². The van der Waals surface area contributed by atoms with Gasteiger partial charge in [0.05, 0.1) is 10.8 Å². The molecular weight excluding hydrogens is 575 g/mol. The molecule has 0 fully saturated rings. The van der Waals surface area contributed by atoms with Crippen LogP contribution in [-0.4, -0.2) is 23.4 Å². The fourth-order valence-electron chi connectivity index (χ4n) is 3.48. The molecule has 0 saturated heterocycles. The van der Waals surface area contributed by atoms with Crippen LogP contribution in [0, 0.1) is 0 Å². The van der Waals surface area contributed by atoms with Gasteiger partial charge in [-0.2, -0.15) is 0 Å². The maximum absolute atomic E-state index is 13.3. The van der Waals surface area contributed by atoms with Crippen LogP contribution in [0.4, 0.5) is 5.69 Å². The molecule has 4 rings (SSSR count). The summed E-state index contributed by atoms with van der Waals surface area (Å²) in [5, 5.41) is 6.52. The lowest BCUT2D eigenvalue weighted by Crippen LogP contribution is -2.30. The maximum Gasteiger partial charge on any atom is 0.272 e. The van der Waals surface area contributed by atoms with Crippen LogP contribution in [0.3, 0.4) is 0 Å². The summed E-state index contributed by atoms with van der Waals surface area (Å²) in [6, 6.07) is 27.4. The number of hydrogen-bond donors (Lipinski definition) is 2. The number of rotatable bonds is 9. The standard InChI is InChI=1S/C30H21Cl3N2O3S/c31-24-10-5-4-9-22(24)28(36)18-39-21-15-13-20(14-16-21)34-30(38)27(17-23-25(32)11-6-12-26(23)33)35-29(37)19-7-2-1-3-8-19/h1-17H,18H2,(H,34,38)(H,35,37)/b27-17-. The van der Waals surface area contributed by atoms with Gasteiger partial charge >= 0.3 is 0 Å². The quantitative estimate of drug-likeness (QED) is 0.117. The van der Waals surface area contributed by atoms with E-state index in [1.165, 1.54) is 17.8 Å². The lowest BCUT2D eigenvalue weighted by Gasteiger charge is -2.13. The Labute approximate surface area is 245 Å². The third-order valence-corrected chi connectivity index (χ3v) is 7.47. The van der Waals surface area contributed by atoms with Gasteiger partial charge in [-0.15, -0.1) is 11.8 Å². The van der Waals surface area contributed by atoms with Gasteiger partial charge in [-0.05, 0) is 66.7 Å². The SMILES string of the molecule is O=C(Nc1ccc(SCC(=O)c2ccccc2Cl)cc1)/C(=C/c1c(Cl)cccc1Cl)NC(=O)c1ccccc1. The van der Waals surface area contributed by atoms with Crippen molar-refractivity contribution in [3.8, 4) is 0 Å². The average Bonchev–Trinajstić information content (AvgIpc) is 2.94. The number of carbonyl (C=O) groups is 3. The summed E-state index contributed by atoms with van der Waals surface area (Å²) in [6.07, 6.45) is 1.44. The number of benzene rings is 4. The Bertz CT molecular complexity index is 1520. The third kappa shape index (κ3) is 7.74. The Balaban J connectivity index is 1.48.